The first kappa shape index (κ1) is 8.26. The van der Waals surface area contributed by atoms with Gasteiger partial charge in [-0.2, -0.15) is 0 Å². The topological polar surface area (TPSA) is 33.1 Å². The van der Waals surface area contributed by atoms with Gasteiger partial charge in [0.1, 0.15) is 5.75 Å². The SMILES string of the molecule is Cc1ccc(O)c(-c2cncs2)c1. The van der Waals surface area contributed by atoms with E-state index in [4.69, 9.17) is 0 Å². The zero-order chi connectivity index (χ0) is 9.26. The summed E-state index contributed by atoms with van der Waals surface area (Å²) < 4.78 is 0. The molecule has 1 aromatic carbocycles. The molecule has 2 aromatic rings. The van der Waals surface area contributed by atoms with Crippen LogP contribution < -0.4 is 0 Å². The molecule has 2 rings (SSSR count). The summed E-state index contributed by atoms with van der Waals surface area (Å²) in [4.78, 5) is 4.98. The number of nitrogens with zero attached hydrogens (tertiary/aromatic N) is 1. The van der Waals surface area contributed by atoms with E-state index in [0.717, 1.165) is 16.0 Å². The van der Waals surface area contributed by atoms with Crippen LogP contribution in [0.2, 0.25) is 0 Å². The number of rotatable bonds is 1. The van der Waals surface area contributed by atoms with Crippen molar-refractivity contribution in [2.24, 2.45) is 0 Å². The largest absolute Gasteiger partial charge is 0.507 e. The lowest BCUT2D eigenvalue weighted by Gasteiger charge is -2.01. The summed E-state index contributed by atoms with van der Waals surface area (Å²) in [6.45, 7) is 2.00. The highest BCUT2D eigenvalue weighted by atomic mass is 32.1. The Kier molecular flexibility index (Phi) is 2.02. The third-order valence-corrected chi connectivity index (χ3v) is 2.66. The number of aryl methyl sites for hydroxylation is 1. The van der Waals surface area contributed by atoms with Crippen LogP contribution in [-0.2, 0) is 0 Å². The minimum Gasteiger partial charge on any atom is -0.507 e. The molecule has 13 heavy (non-hydrogen) atoms. The van der Waals surface area contributed by atoms with Crippen molar-refractivity contribution in [2.75, 3.05) is 0 Å². The Balaban J connectivity index is 2.57. The molecular formula is C10H9NOS. The van der Waals surface area contributed by atoms with Crippen LogP contribution in [0.1, 0.15) is 5.56 Å². The number of phenols is 1. The molecule has 2 nitrogen and oxygen atoms in total. The average molecular weight is 191 g/mol. The first-order valence-electron chi connectivity index (χ1n) is 3.96. The molecule has 0 aliphatic rings. The van der Waals surface area contributed by atoms with Crippen LogP contribution >= 0.6 is 11.3 Å². The van der Waals surface area contributed by atoms with E-state index in [9.17, 15) is 5.11 Å². The van der Waals surface area contributed by atoms with Gasteiger partial charge in [-0.25, -0.2) is 0 Å². The molecule has 1 heterocycles. The van der Waals surface area contributed by atoms with Gasteiger partial charge in [0, 0.05) is 11.8 Å². The molecule has 0 radical (unpaired) electrons. The molecule has 0 atom stereocenters. The molecule has 0 fully saturated rings. The summed E-state index contributed by atoms with van der Waals surface area (Å²) in [5.74, 6) is 0.315. The van der Waals surface area contributed by atoms with Crippen LogP contribution in [0.15, 0.2) is 29.9 Å². The van der Waals surface area contributed by atoms with E-state index < -0.39 is 0 Å². The summed E-state index contributed by atoms with van der Waals surface area (Å²) in [7, 11) is 0. The minimum absolute atomic E-state index is 0.315. The number of aromatic hydroxyl groups is 1. The normalized spacial score (nSPS) is 10.2. The third-order valence-electron chi connectivity index (χ3n) is 1.85. The molecule has 1 aromatic heterocycles. The summed E-state index contributed by atoms with van der Waals surface area (Å²) in [6.07, 6.45) is 1.76. The lowest BCUT2D eigenvalue weighted by molar-refractivity contribution is 0.477. The minimum atomic E-state index is 0.315. The standard InChI is InChI=1S/C10H9NOS/c1-7-2-3-9(12)8(4-7)10-5-11-6-13-10/h2-6,12H,1H3. The first-order valence-corrected chi connectivity index (χ1v) is 4.84. The van der Waals surface area contributed by atoms with Gasteiger partial charge < -0.3 is 5.11 Å². The fourth-order valence-corrected chi connectivity index (χ4v) is 1.84. The van der Waals surface area contributed by atoms with Crippen LogP contribution in [0.3, 0.4) is 0 Å². The maximum atomic E-state index is 9.59. The smallest absolute Gasteiger partial charge is 0.124 e. The monoisotopic (exact) mass is 191 g/mol. The maximum absolute atomic E-state index is 9.59. The van der Waals surface area contributed by atoms with Gasteiger partial charge in [0.15, 0.2) is 0 Å². The van der Waals surface area contributed by atoms with E-state index in [1.54, 1.807) is 17.8 Å². The van der Waals surface area contributed by atoms with Crippen molar-refractivity contribution in [3.63, 3.8) is 0 Å². The zero-order valence-electron chi connectivity index (χ0n) is 7.19. The lowest BCUT2D eigenvalue weighted by atomic mass is 10.1. The zero-order valence-corrected chi connectivity index (χ0v) is 8.01. The van der Waals surface area contributed by atoms with E-state index in [0.29, 0.717) is 5.75 Å². The molecule has 0 aliphatic carbocycles. The van der Waals surface area contributed by atoms with Crippen molar-refractivity contribution in [1.29, 1.82) is 0 Å². The molecule has 66 valence electrons. The summed E-state index contributed by atoms with van der Waals surface area (Å²) in [6, 6.07) is 5.56. The van der Waals surface area contributed by atoms with Crippen molar-refractivity contribution in [3.8, 4) is 16.2 Å². The number of hydrogen-bond acceptors (Lipinski definition) is 3. The van der Waals surface area contributed by atoms with E-state index in [1.165, 1.54) is 11.3 Å². The Morgan fingerprint density at radius 2 is 2.23 bits per heavy atom. The Morgan fingerprint density at radius 1 is 1.38 bits per heavy atom. The maximum Gasteiger partial charge on any atom is 0.124 e. The second-order valence-corrected chi connectivity index (χ2v) is 3.77. The number of hydrogen-bond donors (Lipinski definition) is 1. The van der Waals surface area contributed by atoms with Crippen molar-refractivity contribution in [2.45, 2.75) is 6.92 Å². The van der Waals surface area contributed by atoms with Gasteiger partial charge in [0.2, 0.25) is 0 Å². The Morgan fingerprint density at radius 3 is 2.92 bits per heavy atom. The number of aromatic nitrogens is 1. The number of benzene rings is 1. The molecule has 0 unspecified atom stereocenters. The first-order chi connectivity index (χ1) is 6.27. The Bertz CT molecular complexity index is 409. The molecule has 3 heteroatoms. The highest BCUT2D eigenvalue weighted by Gasteiger charge is 2.04. The summed E-state index contributed by atoms with van der Waals surface area (Å²) in [5.41, 5.74) is 3.76. The second-order valence-electron chi connectivity index (χ2n) is 2.89. The van der Waals surface area contributed by atoms with Gasteiger partial charge >= 0.3 is 0 Å². The van der Waals surface area contributed by atoms with Gasteiger partial charge in [-0.15, -0.1) is 11.3 Å². The predicted octanol–water partition coefficient (Wildman–Crippen LogP) is 2.82. The van der Waals surface area contributed by atoms with Crippen LogP contribution in [0, 0.1) is 6.92 Å². The van der Waals surface area contributed by atoms with Crippen LogP contribution in [0.4, 0.5) is 0 Å². The van der Waals surface area contributed by atoms with E-state index in [1.807, 2.05) is 19.1 Å². The fourth-order valence-electron chi connectivity index (χ4n) is 1.20. The molecule has 0 amide bonds. The van der Waals surface area contributed by atoms with Crippen molar-refractivity contribution < 1.29 is 5.11 Å². The lowest BCUT2D eigenvalue weighted by Crippen LogP contribution is -1.77. The molecule has 0 saturated carbocycles. The summed E-state index contributed by atoms with van der Waals surface area (Å²) in [5, 5.41) is 9.59. The second kappa shape index (κ2) is 3.18. The third kappa shape index (κ3) is 1.55. The van der Waals surface area contributed by atoms with Crippen molar-refractivity contribution >= 4 is 11.3 Å². The van der Waals surface area contributed by atoms with Gasteiger partial charge in [0.25, 0.3) is 0 Å². The predicted molar refractivity (Wildman–Crippen MR) is 54.0 cm³/mol. The van der Waals surface area contributed by atoms with Crippen molar-refractivity contribution in [3.05, 3.63) is 35.5 Å². The van der Waals surface area contributed by atoms with Gasteiger partial charge in [0.05, 0.1) is 10.4 Å². The van der Waals surface area contributed by atoms with Crippen LogP contribution in [-0.4, -0.2) is 10.1 Å². The highest BCUT2D eigenvalue weighted by Crippen LogP contribution is 2.31. The fraction of sp³-hybridized carbons (Fsp3) is 0.100. The summed E-state index contributed by atoms with van der Waals surface area (Å²) >= 11 is 1.53. The average Bonchev–Trinajstić information content (AvgIpc) is 2.61. The molecule has 0 spiro atoms. The van der Waals surface area contributed by atoms with Crippen LogP contribution in [0.25, 0.3) is 10.4 Å². The van der Waals surface area contributed by atoms with Crippen LogP contribution in [0.5, 0.6) is 5.75 Å². The number of thiazole rings is 1. The molecule has 0 bridgehead atoms. The molecular weight excluding hydrogens is 182 g/mol. The van der Waals surface area contributed by atoms with Gasteiger partial charge in [-0.1, -0.05) is 11.6 Å². The van der Waals surface area contributed by atoms with E-state index in [-0.39, 0.29) is 0 Å². The van der Waals surface area contributed by atoms with Gasteiger partial charge in [-0.05, 0) is 19.1 Å². The molecule has 0 aliphatic heterocycles. The van der Waals surface area contributed by atoms with E-state index in [2.05, 4.69) is 4.98 Å². The van der Waals surface area contributed by atoms with Gasteiger partial charge in [-0.3, -0.25) is 4.98 Å². The molecule has 0 saturated heterocycles. The Hall–Kier alpha value is -1.35. The van der Waals surface area contributed by atoms with Crippen molar-refractivity contribution in [1.82, 2.24) is 4.98 Å². The number of phenolic OH excluding ortho intramolecular Hbond substituents is 1. The Labute approximate surface area is 80.5 Å². The molecule has 1 N–H and O–H groups in total. The quantitative estimate of drug-likeness (QED) is 0.751. The highest BCUT2D eigenvalue weighted by molar-refractivity contribution is 7.13. The van der Waals surface area contributed by atoms with E-state index >= 15 is 0 Å².